The normalized spacial score (nSPS) is 10.0. The summed E-state index contributed by atoms with van der Waals surface area (Å²) in [7, 11) is 0. The van der Waals surface area contributed by atoms with E-state index in [1.54, 1.807) is 24.3 Å². The van der Waals surface area contributed by atoms with Gasteiger partial charge in [0.2, 0.25) is 0 Å². The van der Waals surface area contributed by atoms with Crippen LogP contribution in [0.5, 0.6) is 0 Å². The molecule has 21 heavy (non-hydrogen) atoms. The van der Waals surface area contributed by atoms with Crippen LogP contribution in [-0.2, 0) is 9.59 Å². The second-order valence-corrected chi connectivity index (χ2v) is 4.39. The third-order valence-corrected chi connectivity index (χ3v) is 3.11. The summed E-state index contributed by atoms with van der Waals surface area (Å²) in [5, 5.41) is 13.9. The summed E-state index contributed by atoms with van der Waals surface area (Å²) in [6.07, 6.45) is 0. The summed E-state index contributed by atoms with van der Waals surface area (Å²) in [6.45, 7) is 6.98. The van der Waals surface area contributed by atoms with Crippen molar-refractivity contribution >= 4 is 17.5 Å². The van der Waals surface area contributed by atoms with Gasteiger partial charge in [-0.2, -0.15) is 5.26 Å². The highest BCUT2D eigenvalue weighted by Gasteiger charge is 2.14. The predicted octanol–water partition coefficient (Wildman–Crippen LogP) is 0.955. The fraction of sp³-hybridized carbons (Fsp3) is 0.400. The number of hydrogen-bond acceptors (Lipinski definition) is 4. The molecule has 112 valence electrons. The molecular formula is C15H20N4O2. The van der Waals surface area contributed by atoms with Crippen LogP contribution in [0.25, 0.3) is 0 Å². The fourth-order valence-electron chi connectivity index (χ4n) is 1.82. The number of nitriles is 1. The van der Waals surface area contributed by atoms with E-state index in [1.807, 2.05) is 19.9 Å². The number of nitrogens with zero attached hydrogens (tertiary/aromatic N) is 2. The number of benzene rings is 1. The van der Waals surface area contributed by atoms with E-state index in [2.05, 4.69) is 15.5 Å². The fourth-order valence-corrected chi connectivity index (χ4v) is 1.82. The zero-order valence-electron chi connectivity index (χ0n) is 12.3. The monoisotopic (exact) mass is 288 g/mol. The molecule has 0 aliphatic carbocycles. The molecule has 0 spiro atoms. The van der Waals surface area contributed by atoms with E-state index in [4.69, 9.17) is 5.26 Å². The summed E-state index contributed by atoms with van der Waals surface area (Å²) in [5.41, 5.74) is 0.658. The van der Waals surface area contributed by atoms with Gasteiger partial charge in [0.25, 0.3) is 0 Å². The number of rotatable bonds is 6. The number of likely N-dealkylation sites (N-methyl/N-ethyl adjacent to an activating group) is 1. The van der Waals surface area contributed by atoms with Crippen molar-refractivity contribution in [3.63, 3.8) is 0 Å². The number of amides is 2. The number of hydrogen-bond donors (Lipinski definition) is 2. The molecule has 0 saturated carbocycles. The number of carbonyl (C=O) groups is 2. The number of anilines is 1. The SMILES string of the molecule is CCN(CC)CCNC(=O)C(=O)Nc1ccccc1C#N. The Morgan fingerprint density at radius 2 is 1.86 bits per heavy atom. The molecular weight excluding hydrogens is 268 g/mol. The Morgan fingerprint density at radius 1 is 1.19 bits per heavy atom. The molecule has 0 aliphatic heterocycles. The van der Waals surface area contributed by atoms with Gasteiger partial charge in [-0.1, -0.05) is 26.0 Å². The molecule has 0 atom stereocenters. The van der Waals surface area contributed by atoms with E-state index in [1.165, 1.54) is 0 Å². The van der Waals surface area contributed by atoms with Gasteiger partial charge in [0.1, 0.15) is 6.07 Å². The van der Waals surface area contributed by atoms with Crippen LogP contribution in [0.2, 0.25) is 0 Å². The second kappa shape index (κ2) is 8.72. The molecule has 2 N–H and O–H groups in total. The lowest BCUT2D eigenvalue weighted by atomic mass is 10.2. The molecule has 6 nitrogen and oxygen atoms in total. The maximum atomic E-state index is 11.7. The molecule has 1 aromatic rings. The minimum atomic E-state index is -0.766. The van der Waals surface area contributed by atoms with Crippen LogP contribution in [0.15, 0.2) is 24.3 Å². The Hall–Kier alpha value is -2.39. The Bertz CT molecular complexity index is 533. The van der Waals surface area contributed by atoms with E-state index in [0.29, 0.717) is 24.3 Å². The van der Waals surface area contributed by atoms with Crippen molar-refractivity contribution in [1.82, 2.24) is 10.2 Å². The highest BCUT2D eigenvalue weighted by Crippen LogP contribution is 2.12. The summed E-state index contributed by atoms with van der Waals surface area (Å²) in [4.78, 5) is 25.6. The summed E-state index contributed by atoms with van der Waals surface area (Å²) < 4.78 is 0. The van der Waals surface area contributed by atoms with Crippen molar-refractivity contribution in [2.75, 3.05) is 31.5 Å². The predicted molar refractivity (Wildman–Crippen MR) is 80.6 cm³/mol. The highest BCUT2D eigenvalue weighted by atomic mass is 16.2. The molecule has 2 amide bonds. The van der Waals surface area contributed by atoms with Crippen LogP contribution >= 0.6 is 0 Å². The third kappa shape index (κ3) is 5.24. The summed E-state index contributed by atoms with van der Waals surface area (Å²) >= 11 is 0. The molecule has 6 heteroatoms. The lowest BCUT2D eigenvalue weighted by molar-refractivity contribution is -0.136. The number of nitrogens with one attached hydrogen (secondary N) is 2. The minimum Gasteiger partial charge on any atom is -0.347 e. The zero-order chi connectivity index (χ0) is 15.7. The van der Waals surface area contributed by atoms with Crippen molar-refractivity contribution in [1.29, 1.82) is 5.26 Å². The van der Waals surface area contributed by atoms with Gasteiger partial charge in [-0.15, -0.1) is 0 Å². The lowest BCUT2D eigenvalue weighted by Gasteiger charge is -2.17. The Balaban J connectivity index is 2.48. The van der Waals surface area contributed by atoms with Crippen LogP contribution in [0.1, 0.15) is 19.4 Å². The highest BCUT2D eigenvalue weighted by molar-refractivity contribution is 6.39. The molecule has 0 bridgehead atoms. The zero-order valence-corrected chi connectivity index (χ0v) is 12.3. The minimum absolute atomic E-state index is 0.321. The molecule has 0 fully saturated rings. The van der Waals surface area contributed by atoms with Crippen molar-refractivity contribution < 1.29 is 9.59 Å². The molecule has 0 aromatic heterocycles. The van der Waals surface area contributed by atoms with Crippen molar-refractivity contribution in [3.05, 3.63) is 29.8 Å². The smallest absolute Gasteiger partial charge is 0.313 e. The average molecular weight is 288 g/mol. The first-order chi connectivity index (χ1) is 10.1. The molecule has 0 heterocycles. The van der Waals surface area contributed by atoms with Gasteiger partial charge >= 0.3 is 11.8 Å². The largest absolute Gasteiger partial charge is 0.347 e. The first-order valence-electron chi connectivity index (χ1n) is 6.93. The van der Waals surface area contributed by atoms with Gasteiger partial charge < -0.3 is 15.5 Å². The Labute approximate surface area is 124 Å². The summed E-state index contributed by atoms with van der Waals surface area (Å²) in [6, 6.07) is 8.50. The second-order valence-electron chi connectivity index (χ2n) is 4.39. The molecule has 0 aliphatic rings. The van der Waals surface area contributed by atoms with Crippen molar-refractivity contribution in [2.45, 2.75) is 13.8 Å². The van der Waals surface area contributed by atoms with Crippen LogP contribution in [-0.4, -0.2) is 42.9 Å². The van der Waals surface area contributed by atoms with Crippen molar-refractivity contribution in [2.24, 2.45) is 0 Å². The quantitative estimate of drug-likeness (QED) is 0.763. The molecule has 0 saturated heterocycles. The van der Waals surface area contributed by atoms with E-state index in [9.17, 15) is 9.59 Å². The topological polar surface area (TPSA) is 85.2 Å². The average Bonchev–Trinajstić information content (AvgIpc) is 2.51. The van der Waals surface area contributed by atoms with Crippen LogP contribution in [0.4, 0.5) is 5.69 Å². The van der Waals surface area contributed by atoms with Gasteiger partial charge in [0.05, 0.1) is 11.3 Å². The van der Waals surface area contributed by atoms with Gasteiger partial charge in [0, 0.05) is 13.1 Å². The number of para-hydroxylation sites is 1. The first-order valence-corrected chi connectivity index (χ1v) is 6.93. The van der Waals surface area contributed by atoms with Gasteiger partial charge in [-0.05, 0) is 25.2 Å². The maximum Gasteiger partial charge on any atom is 0.313 e. The maximum absolute atomic E-state index is 11.7. The Kier molecular flexibility index (Phi) is 6.92. The molecule has 0 radical (unpaired) electrons. The third-order valence-electron chi connectivity index (χ3n) is 3.11. The standard InChI is InChI=1S/C15H20N4O2/c1-3-19(4-2)10-9-17-14(20)15(21)18-13-8-6-5-7-12(13)11-16/h5-8H,3-4,9-10H2,1-2H3,(H,17,20)(H,18,21). The van der Waals surface area contributed by atoms with E-state index >= 15 is 0 Å². The van der Waals surface area contributed by atoms with E-state index in [-0.39, 0.29) is 0 Å². The van der Waals surface area contributed by atoms with E-state index in [0.717, 1.165) is 13.1 Å². The van der Waals surface area contributed by atoms with Crippen LogP contribution < -0.4 is 10.6 Å². The van der Waals surface area contributed by atoms with Gasteiger partial charge in [-0.25, -0.2) is 0 Å². The van der Waals surface area contributed by atoms with Crippen molar-refractivity contribution in [3.8, 4) is 6.07 Å². The molecule has 1 rings (SSSR count). The molecule has 0 unspecified atom stereocenters. The molecule has 1 aromatic carbocycles. The lowest BCUT2D eigenvalue weighted by Crippen LogP contribution is -2.40. The first kappa shape index (κ1) is 16.7. The van der Waals surface area contributed by atoms with Gasteiger partial charge in [-0.3, -0.25) is 9.59 Å². The van der Waals surface area contributed by atoms with Crippen LogP contribution in [0, 0.1) is 11.3 Å². The van der Waals surface area contributed by atoms with Gasteiger partial charge in [0.15, 0.2) is 0 Å². The number of carbonyl (C=O) groups excluding carboxylic acids is 2. The Morgan fingerprint density at radius 3 is 2.48 bits per heavy atom. The van der Waals surface area contributed by atoms with Crippen LogP contribution in [0.3, 0.4) is 0 Å². The summed E-state index contributed by atoms with van der Waals surface area (Å²) in [5.74, 6) is -1.47. The van der Waals surface area contributed by atoms with E-state index < -0.39 is 11.8 Å².